The van der Waals surface area contributed by atoms with Gasteiger partial charge in [-0.3, -0.25) is 4.99 Å². The second-order valence-electron chi connectivity index (χ2n) is 12.8. The number of aromatic nitrogens is 2. The Bertz CT molecular complexity index is 1700. The van der Waals surface area contributed by atoms with Crippen LogP contribution in [0.5, 0.6) is 0 Å². The number of hydrogen-bond donors (Lipinski definition) is 2. The second-order valence-corrected chi connectivity index (χ2v) is 12.8. The third-order valence-electron chi connectivity index (χ3n) is 9.48. The molecule has 4 rings (SSSR count). The normalized spacial score (nSPS) is 23.4. The second kappa shape index (κ2) is 13.2. The Kier molecular flexibility index (Phi) is 9.85. The summed E-state index contributed by atoms with van der Waals surface area (Å²) < 4.78 is 0. The lowest BCUT2D eigenvalue weighted by Gasteiger charge is -2.23. The number of nitrogens with zero attached hydrogens (tertiary/aromatic N) is 1. The molecule has 226 valence electrons. The van der Waals surface area contributed by atoms with Gasteiger partial charge < -0.3 is 9.97 Å². The van der Waals surface area contributed by atoms with Crippen LogP contribution in [0.1, 0.15) is 93.9 Å². The van der Waals surface area contributed by atoms with Crippen LogP contribution in [0.2, 0.25) is 0 Å². The van der Waals surface area contributed by atoms with E-state index in [1.54, 1.807) is 0 Å². The summed E-state index contributed by atoms with van der Waals surface area (Å²) in [7, 11) is 0. The Labute approximate surface area is 259 Å². The lowest BCUT2D eigenvalue weighted by atomic mass is 9.82. The van der Waals surface area contributed by atoms with Gasteiger partial charge in [-0.15, -0.1) is 19.7 Å². The highest BCUT2D eigenvalue weighted by Crippen LogP contribution is 2.39. The van der Waals surface area contributed by atoms with Crippen LogP contribution in [0, 0.1) is 31.6 Å². The molecule has 0 aromatic carbocycles. The molecule has 2 aliphatic heterocycles. The molecular weight excluding hydrogens is 522 g/mol. The first-order valence-electron chi connectivity index (χ1n) is 15.8. The Morgan fingerprint density at radius 2 is 1.74 bits per heavy atom. The number of H-pyrrole nitrogens is 2. The summed E-state index contributed by atoms with van der Waals surface area (Å²) in [6.45, 7) is 37.0. The Balaban J connectivity index is 2.11. The van der Waals surface area contributed by atoms with Crippen LogP contribution in [0.25, 0.3) is 23.3 Å². The molecule has 0 radical (unpaired) electrons. The van der Waals surface area contributed by atoms with Gasteiger partial charge in [0.15, 0.2) is 0 Å². The van der Waals surface area contributed by atoms with Gasteiger partial charge in [0.05, 0.1) is 5.71 Å². The molecular formula is C40H51N3. The Morgan fingerprint density at radius 1 is 1.02 bits per heavy atom. The minimum Gasteiger partial charge on any atom is -0.355 e. The number of fused-ring (bicyclic) bond motifs is 5. The van der Waals surface area contributed by atoms with Crippen molar-refractivity contribution in [3.05, 3.63) is 118 Å². The van der Waals surface area contributed by atoms with Gasteiger partial charge in [-0.1, -0.05) is 55.9 Å². The standard InChI is InChI=1S/C40H51N3/c1-13-16-33-26(9)30(18-17-23(4)5)19-25(8)20-34-27(10)31(14-2)37(41-34)21-35-28(11)32(15-3)38(42-35)22-36-29(12)39(24(6)7)40(33)43-36/h13-14,20-22,27,30-31,42-43H,1-2,4,6,8,15-19H2,3,5,7,9-12H3/b33-26+,34-20-,35-21?,38-22?. The Hall–Kier alpha value is -3.85. The van der Waals surface area contributed by atoms with Gasteiger partial charge >= 0.3 is 0 Å². The van der Waals surface area contributed by atoms with Crippen LogP contribution < -0.4 is 10.7 Å². The molecule has 3 unspecified atom stereocenters. The zero-order chi connectivity index (χ0) is 31.6. The van der Waals surface area contributed by atoms with E-state index in [-0.39, 0.29) is 11.8 Å². The maximum atomic E-state index is 5.17. The van der Waals surface area contributed by atoms with Crippen LogP contribution in [-0.2, 0) is 6.42 Å². The van der Waals surface area contributed by atoms with E-state index in [2.05, 4.69) is 110 Å². The first-order valence-corrected chi connectivity index (χ1v) is 15.8. The van der Waals surface area contributed by atoms with Crippen molar-refractivity contribution in [2.75, 3.05) is 0 Å². The smallest absolute Gasteiger partial charge is 0.0502 e. The number of aliphatic imine (C=N–C) groups is 1. The average Bonchev–Trinajstić information content (AvgIpc) is 3.54. The first-order chi connectivity index (χ1) is 20.4. The van der Waals surface area contributed by atoms with Gasteiger partial charge in [0.2, 0.25) is 0 Å². The predicted octanol–water partition coefficient (Wildman–Crippen LogP) is 9.22. The minimum absolute atomic E-state index is 0.157. The topological polar surface area (TPSA) is 43.9 Å². The predicted molar refractivity (Wildman–Crippen MR) is 189 cm³/mol. The summed E-state index contributed by atoms with van der Waals surface area (Å²) >= 11 is 0. The molecule has 2 aromatic rings. The molecule has 2 aliphatic rings. The van der Waals surface area contributed by atoms with Crippen LogP contribution in [0.15, 0.2) is 78.5 Å². The molecule has 6 bridgehead atoms. The van der Waals surface area contributed by atoms with Gasteiger partial charge in [-0.25, -0.2) is 0 Å². The number of nitrogens with one attached hydrogen (secondary N) is 2. The third kappa shape index (κ3) is 6.42. The molecule has 43 heavy (non-hydrogen) atoms. The van der Waals surface area contributed by atoms with Crippen molar-refractivity contribution in [1.29, 1.82) is 0 Å². The van der Waals surface area contributed by atoms with Crippen LogP contribution in [0.3, 0.4) is 0 Å². The van der Waals surface area contributed by atoms with Gasteiger partial charge in [0, 0.05) is 45.2 Å². The van der Waals surface area contributed by atoms with Crippen molar-refractivity contribution >= 4 is 29.0 Å². The molecule has 2 aromatic heterocycles. The van der Waals surface area contributed by atoms with Crippen LogP contribution in [0.4, 0.5) is 0 Å². The van der Waals surface area contributed by atoms with Gasteiger partial charge in [0.25, 0.3) is 0 Å². The molecule has 0 aliphatic carbocycles. The molecule has 3 heteroatoms. The zero-order valence-corrected chi connectivity index (χ0v) is 27.6. The molecule has 0 fully saturated rings. The van der Waals surface area contributed by atoms with E-state index in [9.17, 15) is 0 Å². The van der Waals surface area contributed by atoms with E-state index in [0.717, 1.165) is 76.7 Å². The molecule has 0 saturated carbocycles. The van der Waals surface area contributed by atoms with Gasteiger partial charge in [-0.05, 0) is 119 Å². The van der Waals surface area contributed by atoms with Crippen LogP contribution in [-0.4, -0.2) is 15.7 Å². The van der Waals surface area contributed by atoms with E-state index >= 15 is 0 Å². The van der Waals surface area contributed by atoms with E-state index in [4.69, 9.17) is 4.99 Å². The summed E-state index contributed by atoms with van der Waals surface area (Å²) in [5.74, 6) is 0.705. The SMILES string of the molecule is C=CC/C1=C(/C)C(CCC(=C)C)CC(=C)/C=C2\N=C(C=c3[nH]c(c(CC)c3C)=Cc3[nH]c1c(C(=C)C)c3C)C(C=C)C2C. The molecule has 3 atom stereocenters. The highest BCUT2D eigenvalue weighted by Gasteiger charge is 2.29. The number of aromatic amines is 2. The molecule has 3 nitrogen and oxygen atoms in total. The summed E-state index contributed by atoms with van der Waals surface area (Å²) in [6.07, 6.45) is 15.4. The van der Waals surface area contributed by atoms with Crippen LogP contribution >= 0.6 is 0 Å². The van der Waals surface area contributed by atoms with Crippen molar-refractivity contribution in [1.82, 2.24) is 9.97 Å². The fraction of sp³-hybridized carbons (Fsp3) is 0.375. The highest BCUT2D eigenvalue weighted by molar-refractivity contribution is 6.14. The van der Waals surface area contributed by atoms with Crippen molar-refractivity contribution in [2.45, 2.75) is 80.6 Å². The summed E-state index contributed by atoms with van der Waals surface area (Å²) in [5.41, 5.74) is 15.4. The molecule has 0 spiro atoms. The Morgan fingerprint density at radius 3 is 2.35 bits per heavy atom. The van der Waals surface area contributed by atoms with E-state index < -0.39 is 0 Å². The maximum Gasteiger partial charge on any atom is 0.0502 e. The van der Waals surface area contributed by atoms with Gasteiger partial charge in [-0.2, -0.15) is 0 Å². The highest BCUT2D eigenvalue weighted by atomic mass is 14.8. The van der Waals surface area contributed by atoms with Crippen molar-refractivity contribution in [3.63, 3.8) is 0 Å². The largest absolute Gasteiger partial charge is 0.355 e. The summed E-state index contributed by atoms with van der Waals surface area (Å²) in [4.78, 5) is 12.8. The fourth-order valence-electron chi connectivity index (χ4n) is 6.92. The van der Waals surface area contributed by atoms with Crippen molar-refractivity contribution in [2.24, 2.45) is 22.7 Å². The number of allylic oxidation sites excluding steroid dienone is 9. The molecule has 0 saturated heterocycles. The molecule has 4 heterocycles. The average molecular weight is 574 g/mol. The fourth-order valence-corrected chi connectivity index (χ4v) is 6.92. The third-order valence-corrected chi connectivity index (χ3v) is 9.48. The molecule has 0 amide bonds. The number of hydrogen-bond acceptors (Lipinski definition) is 1. The zero-order valence-electron chi connectivity index (χ0n) is 27.6. The van der Waals surface area contributed by atoms with E-state index in [0.29, 0.717) is 5.92 Å². The maximum absolute atomic E-state index is 5.17. The first kappa shape index (κ1) is 32.1. The lowest BCUT2D eigenvalue weighted by Crippen LogP contribution is -2.18. The summed E-state index contributed by atoms with van der Waals surface area (Å²) in [5, 5.41) is 2.24. The summed E-state index contributed by atoms with van der Waals surface area (Å²) in [6, 6.07) is 0. The number of rotatable bonds is 8. The van der Waals surface area contributed by atoms with E-state index in [1.807, 2.05) is 12.2 Å². The quantitative estimate of drug-likeness (QED) is 0.296. The van der Waals surface area contributed by atoms with E-state index in [1.165, 1.54) is 39.0 Å². The van der Waals surface area contributed by atoms with Crippen molar-refractivity contribution < 1.29 is 0 Å². The van der Waals surface area contributed by atoms with Crippen molar-refractivity contribution in [3.8, 4) is 0 Å². The molecule has 2 N–H and O–H groups in total. The minimum atomic E-state index is 0.157. The monoisotopic (exact) mass is 573 g/mol. The lowest BCUT2D eigenvalue weighted by molar-refractivity contribution is 0.557. The van der Waals surface area contributed by atoms with Gasteiger partial charge in [0.1, 0.15) is 0 Å².